The smallest absolute Gasteiger partial charge is 0.397 e. The van der Waals surface area contributed by atoms with Gasteiger partial charge in [-0.15, -0.1) is 0 Å². The Labute approximate surface area is 161 Å². The van der Waals surface area contributed by atoms with Crippen LogP contribution in [0.25, 0.3) is 0 Å². The first-order valence-electron chi connectivity index (χ1n) is 7.73. The van der Waals surface area contributed by atoms with Crippen molar-refractivity contribution in [2.75, 3.05) is 6.61 Å². The fourth-order valence-corrected chi connectivity index (χ4v) is 3.43. The average Bonchev–Trinajstić information content (AvgIpc) is 2.94. The fraction of sp³-hybridized carbons (Fsp3) is 0.769. The van der Waals surface area contributed by atoms with Gasteiger partial charge < -0.3 is 18.9 Å². The van der Waals surface area contributed by atoms with E-state index in [0.29, 0.717) is 0 Å². The van der Waals surface area contributed by atoms with Crippen LogP contribution >= 0.6 is 0 Å². The molecule has 13 nitrogen and oxygen atoms in total. The molecule has 0 unspecified atom stereocenters. The lowest BCUT2D eigenvalue weighted by atomic mass is 10.1. The molecular weight excluding hydrogens is 428 g/mol. The van der Waals surface area contributed by atoms with Gasteiger partial charge in [0.05, 0.1) is 6.61 Å². The Morgan fingerprint density at radius 3 is 2.29 bits per heavy atom. The quantitative estimate of drug-likeness (QED) is 0.272. The van der Waals surface area contributed by atoms with Gasteiger partial charge >= 0.3 is 26.8 Å². The summed E-state index contributed by atoms with van der Waals surface area (Å²) in [4.78, 5) is 12.0. The maximum absolute atomic E-state index is 12.0. The molecule has 2 heterocycles. The molecule has 2 saturated heterocycles. The van der Waals surface area contributed by atoms with Crippen LogP contribution in [-0.4, -0.2) is 75.0 Å². The molecule has 2 aliphatic rings. The lowest BCUT2D eigenvalue weighted by Gasteiger charge is -2.29. The summed E-state index contributed by atoms with van der Waals surface area (Å²) in [7, 11) is -10.1. The molecule has 0 aromatic carbocycles. The van der Waals surface area contributed by atoms with Crippen LogP contribution in [0, 0.1) is 0 Å². The van der Waals surface area contributed by atoms with E-state index >= 15 is 0 Å². The Morgan fingerprint density at radius 1 is 1.18 bits per heavy atom. The lowest BCUT2D eigenvalue weighted by molar-refractivity contribution is -0.228. The van der Waals surface area contributed by atoms with Crippen LogP contribution in [0.15, 0.2) is 12.2 Å². The third-order valence-electron chi connectivity index (χ3n) is 3.61. The summed E-state index contributed by atoms with van der Waals surface area (Å²) >= 11 is 0. The van der Waals surface area contributed by atoms with E-state index < -0.39 is 69.9 Å². The van der Waals surface area contributed by atoms with Gasteiger partial charge in [-0.05, 0) is 20.8 Å². The minimum absolute atomic E-state index is 0.00168. The normalized spacial score (nSPS) is 30.6. The van der Waals surface area contributed by atoms with Crippen molar-refractivity contribution in [3.8, 4) is 0 Å². The first-order valence-corrected chi connectivity index (χ1v) is 10.5. The van der Waals surface area contributed by atoms with E-state index in [1.54, 1.807) is 13.8 Å². The number of carbonyl (C=O) groups is 1. The number of hydrogen-bond acceptors (Lipinski definition) is 11. The van der Waals surface area contributed by atoms with Crippen molar-refractivity contribution in [1.29, 1.82) is 0 Å². The van der Waals surface area contributed by atoms with Crippen LogP contribution in [-0.2, 0) is 52.9 Å². The van der Waals surface area contributed by atoms with Crippen LogP contribution in [0.2, 0.25) is 0 Å². The van der Waals surface area contributed by atoms with E-state index in [9.17, 15) is 21.6 Å². The number of esters is 1. The van der Waals surface area contributed by atoms with E-state index in [1.807, 2.05) is 0 Å². The van der Waals surface area contributed by atoms with E-state index in [0.717, 1.165) is 0 Å². The SMILES string of the molecule is C=C(C)C(=O)O[C@@H]1[C@H]2OC(C)(C)O[C@H]2O[C@@H]1[C@@H](COS(=O)(=O)O)OS(=O)(=O)O. The summed E-state index contributed by atoms with van der Waals surface area (Å²) in [6.07, 6.45) is -6.91. The summed E-state index contributed by atoms with van der Waals surface area (Å²) < 4.78 is 91.9. The monoisotopic (exact) mass is 448 g/mol. The summed E-state index contributed by atoms with van der Waals surface area (Å²) in [6, 6.07) is 0. The van der Waals surface area contributed by atoms with Gasteiger partial charge in [0.25, 0.3) is 0 Å². The standard InChI is InChI=1S/C13H20O13S2/c1-6(2)11(14)22-9-8(23-12-10(9)24-13(3,4)25-12)7(26-28(18,19)20)5-21-27(15,16)17/h7-10,12H,1,5H2,2-4H3,(H,15,16,17)(H,18,19,20)/t7-,8-,9+,10-,12-/m1/s1. The first kappa shape index (κ1) is 23.1. The van der Waals surface area contributed by atoms with Crippen molar-refractivity contribution in [1.82, 2.24) is 0 Å². The molecule has 162 valence electrons. The number of ether oxygens (including phenoxy) is 4. The number of carbonyl (C=O) groups excluding carboxylic acids is 1. The molecule has 0 amide bonds. The van der Waals surface area contributed by atoms with Crippen LogP contribution in [0.1, 0.15) is 20.8 Å². The van der Waals surface area contributed by atoms with Crippen LogP contribution in [0.3, 0.4) is 0 Å². The molecule has 0 aromatic heterocycles. The molecule has 0 radical (unpaired) electrons. The zero-order valence-corrected chi connectivity index (χ0v) is 16.6. The van der Waals surface area contributed by atoms with Crippen LogP contribution < -0.4 is 0 Å². The molecule has 0 aromatic rings. The summed E-state index contributed by atoms with van der Waals surface area (Å²) in [6.45, 7) is 6.77. The maximum Gasteiger partial charge on any atom is 0.397 e. The Morgan fingerprint density at radius 2 is 1.79 bits per heavy atom. The topological polar surface area (TPSA) is 181 Å². The Kier molecular flexibility index (Phi) is 6.54. The predicted molar refractivity (Wildman–Crippen MR) is 87.3 cm³/mol. The fourth-order valence-electron chi connectivity index (χ4n) is 2.65. The first-order chi connectivity index (χ1) is 12.6. The third-order valence-corrected chi connectivity index (χ3v) is 4.54. The number of fused-ring (bicyclic) bond motifs is 1. The second kappa shape index (κ2) is 7.92. The molecule has 15 heteroatoms. The third kappa shape index (κ3) is 6.16. The molecule has 2 aliphatic heterocycles. The summed E-state index contributed by atoms with van der Waals surface area (Å²) in [5, 5.41) is 0. The Hall–Kier alpha value is -1.17. The van der Waals surface area contributed by atoms with Crippen molar-refractivity contribution in [3.05, 3.63) is 12.2 Å². The van der Waals surface area contributed by atoms with E-state index in [2.05, 4.69) is 14.9 Å². The molecule has 2 N–H and O–H groups in total. The molecule has 5 atom stereocenters. The van der Waals surface area contributed by atoms with Gasteiger partial charge in [0.2, 0.25) is 0 Å². The van der Waals surface area contributed by atoms with Gasteiger partial charge in [-0.1, -0.05) is 6.58 Å². The van der Waals surface area contributed by atoms with Gasteiger partial charge in [-0.3, -0.25) is 9.11 Å². The van der Waals surface area contributed by atoms with Crippen molar-refractivity contribution >= 4 is 26.8 Å². The van der Waals surface area contributed by atoms with Crippen LogP contribution in [0.4, 0.5) is 0 Å². The summed E-state index contributed by atoms with van der Waals surface area (Å²) in [5.41, 5.74) is 0.00168. The van der Waals surface area contributed by atoms with E-state index in [-0.39, 0.29) is 5.57 Å². The molecule has 0 saturated carbocycles. The second-order valence-corrected chi connectivity index (χ2v) is 8.63. The largest absolute Gasteiger partial charge is 0.453 e. The highest BCUT2D eigenvalue weighted by Gasteiger charge is 2.59. The molecule has 28 heavy (non-hydrogen) atoms. The molecule has 0 aliphatic carbocycles. The zero-order chi connectivity index (χ0) is 21.5. The van der Waals surface area contributed by atoms with Crippen LogP contribution in [0.5, 0.6) is 0 Å². The molecule has 2 fully saturated rings. The van der Waals surface area contributed by atoms with Gasteiger partial charge in [-0.2, -0.15) is 16.8 Å². The highest BCUT2D eigenvalue weighted by Crippen LogP contribution is 2.40. The van der Waals surface area contributed by atoms with Gasteiger partial charge in [-0.25, -0.2) is 13.2 Å². The highest BCUT2D eigenvalue weighted by atomic mass is 32.3. The highest BCUT2D eigenvalue weighted by molar-refractivity contribution is 7.81. The van der Waals surface area contributed by atoms with Crippen molar-refractivity contribution in [2.45, 2.75) is 57.3 Å². The molecule has 0 spiro atoms. The van der Waals surface area contributed by atoms with Gasteiger partial charge in [0.15, 0.2) is 24.3 Å². The van der Waals surface area contributed by atoms with Gasteiger partial charge in [0, 0.05) is 5.57 Å². The lowest BCUT2D eigenvalue weighted by Crippen LogP contribution is -2.47. The maximum atomic E-state index is 12.0. The Bertz CT molecular complexity index is 830. The zero-order valence-electron chi connectivity index (χ0n) is 15.0. The molecular formula is C13H20O13S2. The van der Waals surface area contributed by atoms with E-state index in [1.165, 1.54) is 6.92 Å². The Balaban J connectivity index is 2.32. The van der Waals surface area contributed by atoms with Crippen molar-refractivity contribution in [3.63, 3.8) is 0 Å². The number of hydrogen-bond donors (Lipinski definition) is 2. The minimum atomic E-state index is -5.12. The molecule has 0 bridgehead atoms. The van der Waals surface area contributed by atoms with Gasteiger partial charge in [0.1, 0.15) is 12.2 Å². The van der Waals surface area contributed by atoms with Crippen molar-refractivity contribution < 1.29 is 58.0 Å². The molecule has 2 rings (SSSR count). The minimum Gasteiger partial charge on any atom is -0.453 e. The predicted octanol–water partition coefficient (Wildman–Crippen LogP) is -0.642. The summed E-state index contributed by atoms with van der Waals surface area (Å²) in [5.74, 6) is -2.01. The average molecular weight is 448 g/mol. The second-order valence-electron chi connectivity index (χ2n) is 6.49. The van der Waals surface area contributed by atoms with E-state index in [4.69, 9.17) is 28.1 Å². The number of rotatable bonds is 8. The van der Waals surface area contributed by atoms with Crippen molar-refractivity contribution in [2.24, 2.45) is 0 Å².